The summed E-state index contributed by atoms with van der Waals surface area (Å²) < 4.78 is 0. The lowest BCUT2D eigenvalue weighted by molar-refractivity contribution is 0.759. The zero-order chi connectivity index (χ0) is 8.86. The van der Waals surface area contributed by atoms with Gasteiger partial charge >= 0.3 is 0 Å². The van der Waals surface area contributed by atoms with E-state index in [-0.39, 0.29) is 0 Å². The molecule has 1 fully saturated rings. The molecule has 0 aromatic carbocycles. The Morgan fingerprint density at radius 3 is 1.67 bits per heavy atom. The molecular weight excluding hydrogens is 160 g/mol. The maximum Gasteiger partial charge on any atom is 0.0535 e. The highest BCUT2D eigenvalue weighted by molar-refractivity contribution is 6.82. The van der Waals surface area contributed by atoms with Crippen LogP contribution in [0, 0.1) is 0 Å². The summed E-state index contributed by atoms with van der Waals surface area (Å²) in [4.78, 5) is 0. The van der Waals surface area contributed by atoms with Crippen LogP contribution in [-0.4, -0.2) is 8.07 Å². The predicted molar refractivity (Wildman–Crippen MR) is 59.4 cm³/mol. The lowest BCUT2D eigenvalue weighted by atomic mass is 10.4. The molecule has 1 aliphatic heterocycles. The third-order valence-electron chi connectivity index (χ3n) is 3.54. The van der Waals surface area contributed by atoms with Crippen molar-refractivity contribution in [3.63, 3.8) is 0 Å². The van der Waals surface area contributed by atoms with E-state index >= 15 is 0 Å². The largest absolute Gasteiger partial charge is 0.0654 e. The minimum absolute atomic E-state index is 0.585. The van der Waals surface area contributed by atoms with Crippen LogP contribution in [0.5, 0.6) is 0 Å². The summed E-state index contributed by atoms with van der Waals surface area (Å²) in [7, 11) is -0.585. The molecule has 1 saturated heterocycles. The summed E-state index contributed by atoms with van der Waals surface area (Å²) in [5.41, 5.74) is 0. The molecule has 72 valence electrons. The molecule has 0 nitrogen and oxygen atoms in total. The summed E-state index contributed by atoms with van der Waals surface area (Å²) in [6.07, 6.45) is 7.45. The summed E-state index contributed by atoms with van der Waals surface area (Å²) in [6, 6.07) is 6.66. The van der Waals surface area contributed by atoms with Crippen molar-refractivity contribution in [3.05, 3.63) is 0 Å². The fraction of sp³-hybridized carbons (Fsp3) is 1.00. The molecule has 0 aromatic heterocycles. The molecule has 0 spiro atoms. The first-order valence-corrected chi connectivity index (χ1v) is 8.66. The fourth-order valence-corrected chi connectivity index (χ4v) is 7.22. The molecule has 0 atom stereocenters. The summed E-state index contributed by atoms with van der Waals surface area (Å²) in [5, 5.41) is 0. The van der Waals surface area contributed by atoms with Gasteiger partial charge in [-0.05, 0) is 0 Å². The minimum atomic E-state index is -0.585. The van der Waals surface area contributed by atoms with Crippen LogP contribution in [0.25, 0.3) is 0 Å². The van der Waals surface area contributed by atoms with Gasteiger partial charge in [-0.3, -0.25) is 0 Å². The molecule has 0 saturated carbocycles. The molecule has 0 radical (unpaired) electrons. The van der Waals surface area contributed by atoms with Crippen LogP contribution in [0.2, 0.25) is 24.2 Å². The zero-order valence-corrected chi connectivity index (χ0v) is 9.86. The topological polar surface area (TPSA) is 0 Å². The zero-order valence-electron chi connectivity index (χ0n) is 8.86. The Morgan fingerprint density at radius 1 is 0.917 bits per heavy atom. The monoisotopic (exact) mass is 184 g/mol. The summed E-state index contributed by atoms with van der Waals surface area (Å²) in [5.74, 6) is 0. The predicted octanol–water partition coefficient (Wildman–Crippen LogP) is 4.44. The van der Waals surface area contributed by atoms with Crippen molar-refractivity contribution < 1.29 is 0 Å². The van der Waals surface area contributed by atoms with E-state index < -0.39 is 8.07 Å². The minimum Gasteiger partial charge on any atom is -0.0654 e. The molecule has 1 heterocycles. The molecule has 1 heteroatoms. The van der Waals surface area contributed by atoms with E-state index in [0.29, 0.717) is 0 Å². The first-order chi connectivity index (χ1) is 5.83. The molecular formula is C11H24Si. The van der Waals surface area contributed by atoms with Crippen molar-refractivity contribution >= 4 is 8.07 Å². The molecule has 1 aliphatic rings. The van der Waals surface area contributed by atoms with Crippen LogP contribution in [-0.2, 0) is 0 Å². The second kappa shape index (κ2) is 5.06. The van der Waals surface area contributed by atoms with Gasteiger partial charge in [-0.2, -0.15) is 0 Å². The van der Waals surface area contributed by atoms with Crippen molar-refractivity contribution in [1.29, 1.82) is 0 Å². The van der Waals surface area contributed by atoms with Crippen molar-refractivity contribution in [3.8, 4) is 0 Å². The van der Waals surface area contributed by atoms with E-state index in [0.717, 1.165) is 0 Å². The van der Waals surface area contributed by atoms with Crippen molar-refractivity contribution in [2.24, 2.45) is 0 Å². The number of hydrogen-bond donors (Lipinski definition) is 0. The van der Waals surface area contributed by atoms with Crippen LogP contribution < -0.4 is 0 Å². The lowest BCUT2D eigenvalue weighted by Gasteiger charge is -2.40. The van der Waals surface area contributed by atoms with Crippen molar-refractivity contribution in [2.75, 3.05) is 0 Å². The second-order valence-electron chi connectivity index (χ2n) is 4.56. The second-order valence-corrected chi connectivity index (χ2v) is 9.56. The van der Waals surface area contributed by atoms with E-state index in [1.165, 1.54) is 25.7 Å². The average Bonchev–Trinajstić information content (AvgIpc) is 2.02. The van der Waals surface area contributed by atoms with E-state index in [1.54, 1.807) is 30.6 Å². The standard InChI is InChI=1S/C11H24Si/c1-3-5-8-12(9-6-4-2)10-7-11-12/h3-11H2,1-2H3. The summed E-state index contributed by atoms with van der Waals surface area (Å²) in [6.45, 7) is 4.67. The number of unbranched alkanes of at least 4 members (excludes halogenated alkanes) is 2. The highest BCUT2D eigenvalue weighted by atomic mass is 28.3. The van der Waals surface area contributed by atoms with Gasteiger partial charge in [-0.15, -0.1) is 0 Å². The van der Waals surface area contributed by atoms with Gasteiger partial charge in [0.1, 0.15) is 0 Å². The molecule has 1 rings (SSSR count). The Morgan fingerprint density at radius 2 is 1.42 bits per heavy atom. The Labute approximate surface area is 78.8 Å². The molecule has 0 unspecified atom stereocenters. The Hall–Kier alpha value is 0.217. The van der Waals surface area contributed by atoms with Crippen molar-refractivity contribution in [1.82, 2.24) is 0 Å². The van der Waals surface area contributed by atoms with Gasteiger partial charge in [0, 0.05) is 0 Å². The highest BCUT2D eigenvalue weighted by Crippen LogP contribution is 2.41. The van der Waals surface area contributed by atoms with E-state index in [9.17, 15) is 0 Å². The van der Waals surface area contributed by atoms with E-state index in [2.05, 4.69) is 13.8 Å². The van der Waals surface area contributed by atoms with Crippen molar-refractivity contribution in [2.45, 2.75) is 70.1 Å². The maximum atomic E-state index is 2.33. The van der Waals surface area contributed by atoms with Gasteiger partial charge in [0.15, 0.2) is 0 Å². The van der Waals surface area contributed by atoms with E-state index in [1.807, 2.05) is 0 Å². The molecule has 0 amide bonds. The van der Waals surface area contributed by atoms with Gasteiger partial charge in [0.05, 0.1) is 8.07 Å². The van der Waals surface area contributed by atoms with Gasteiger partial charge < -0.3 is 0 Å². The molecule has 0 bridgehead atoms. The molecule has 0 aliphatic carbocycles. The first kappa shape index (κ1) is 10.3. The lowest BCUT2D eigenvalue weighted by Crippen LogP contribution is -2.40. The number of rotatable bonds is 6. The Bertz CT molecular complexity index is 106. The van der Waals surface area contributed by atoms with Crippen LogP contribution >= 0.6 is 0 Å². The van der Waals surface area contributed by atoms with Crippen LogP contribution in [0.15, 0.2) is 0 Å². The third-order valence-corrected chi connectivity index (χ3v) is 9.19. The molecule has 0 N–H and O–H groups in total. The summed E-state index contributed by atoms with van der Waals surface area (Å²) >= 11 is 0. The quantitative estimate of drug-likeness (QED) is 0.535. The van der Waals surface area contributed by atoms with Gasteiger partial charge in [-0.25, -0.2) is 0 Å². The average molecular weight is 184 g/mol. The Kier molecular flexibility index (Phi) is 4.34. The van der Waals surface area contributed by atoms with Crippen LogP contribution in [0.4, 0.5) is 0 Å². The third kappa shape index (κ3) is 2.62. The number of hydrogen-bond acceptors (Lipinski definition) is 0. The van der Waals surface area contributed by atoms with Crippen LogP contribution in [0.3, 0.4) is 0 Å². The Balaban J connectivity index is 2.19. The normalized spacial score (nSPS) is 20.5. The molecule has 0 aromatic rings. The highest BCUT2D eigenvalue weighted by Gasteiger charge is 2.37. The maximum absolute atomic E-state index is 2.33. The smallest absolute Gasteiger partial charge is 0.0535 e. The first-order valence-electron chi connectivity index (χ1n) is 5.83. The van der Waals surface area contributed by atoms with Gasteiger partial charge in [0.25, 0.3) is 0 Å². The van der Waals surface area contributed by atoms with Gasteiger partial charge in [0.2, 0.25) is 0 Å². The fourth-order valence-electron chi connectivity index (χ4n) is 2.41. The van der Waals surface area contributed by atoms with E-state index in [4.69, 9.17) is 0 Å². The van der Waals surface area contributed by atoms with Gasteiger partial charge in [-0.1, -0.05) is 70.1 Å². The SMILES string of the molecule is CCCC[Si]1(CCCC)CCC1. The molecule has 12 heavy (non-hydrogen) atoms. The van der Waals surface area contributed by atoms with Crippen LogP contribution in [0.1, 0.15) is 46.0 Å².